The third-order valence-electron chi connectivity index (χ3n) is 2.79. The lowest BCUT2D eigenvalue weighted by Crippen LogP contribution is -2.62. The van der Waals surface area contributed by atoms with Crippen molar-refractivity contribution in [3.63, 3.8) is 0 Å². The standard InChI is InChI=1S/C11H21N3O2S/c1-10(2)7-9(8-11(3,4)14-10)13-17(15,16)6-5-12/h9,13-14H,6-8H2,1-4H3. The summed E-state index contributed by atoms with van der Waals surface area (Å²) >= 11 is 0. The summed E-state index contributed by atoms with van der Waals surface area (Å²) in [5.74, 6) is -0.474. The Bertz CT molecular complexity index is 404. The lowest BCUT2D eigenvalue weighted by atomic mass is 9.80. The normalized spacial score (nSPS) is 24.2. The van der Waals surface area contributed by atoms with Crippen LogP contribution >= 0.6 is 0 Å². The van der Waals surface area contributed by atoms with E-state index in [0.717, 1.165) is 12.8 Å². The fourth-order valence-electron chi connectivity index (χ4n) is 2.79. The SMILES string of the molecule is CC1(C)CC(NS(=O)(=O)CC#N)CC(C)(C)N1. The Morgan fingerprint density at radius 3 is 2.18 bits per heavy atom. The van der Waals surface area contributed by atoms with Gasteiger partial charge in [-0.1, -0.05) is 0 Å². The van der Waals surface area contributed by atoms with Crippen molar-refractivity contribution in [3.05, 3.63) is 0 Å². The topological polar surface area (TPSA) is 82.0 Å². The van der Waals surface area contributed by atoms with Crippen LogP contribution in [0.4, 0.5) is 0 Å². The largest absolute Gasteiger partial charge is 0.307 e. The zero-order valence-electron chi connectivity index (χ0n) is 10.9. The molecule has 2 N–H and O–H groups in total. The van der Waals surface area contributed by atoms with Crippen molar-refractivity contribution < 1.29 is 8.42 Å². The summed E-state index contributed by atoms with van der Waals surface area (Å²) < 4.78 is 25.8. The van der Waals surface area contributed by atoms with Crippen LogP contribution in [0.25, 0.3) is 0 Å². The molecule has 0 aromatic rings. The molecule has 0 radical (unpaired) electrons. The highest BCUT2D eigenvalue weighted by Crippen LogP contribution is 2.28. The van der Waals surface area contributed by atoms with E-state index in [4.69, 9.17) is 5.26 Å². The highest BCUT2D eigenvalue weighted by atomic mass is 32.2. The lowest BCUT2D eigenvalue weighted by Gasteiger charge is -2.46. The Morgan fingerprint density at radius 2 is 1.76 bits per heavy atom. The van der Waals surface area contributed by atoms with Gasteiger partial charge in [-0.3, -0.25) is 0 Å². The predicted octanol–water partition coefficient (Wildman–Crippen LogP) is 0.739. The summed E-state index contributed by atoms with van der Waals surface area (Å²) in [5, 5.41) is 11.9. The molecule has 0 amide bonds. The maximum atomic E-state index is 11.6. The Kier molecular flexibility index (Phi) is 3.87. The van der Waals surface area contributed by atoms with E-state index in [9.17, 15) is 8.42 Å². The third kappa shape index (κ3) is 4.62. The predicted molar refractivity (Wildman–Crippen MR) is 66.9 cm³/mol. The molecule has 1 fully saturated rings. The average Bonchev–Trinajstić information content (AvgIpc) is 1.94. The minimum absolute atomic E-state index is 0.110. The van der Waals surface area contributed by atoms with Crippen LogP contribution in [0.1, 0.15) is 40.5 Å². The molecular weight excluding hydrogens is 238 g/mol. The summed E-state index contributed by atoms with van der Waals surface area (Å²) in [6.45, 7) is 8.22. The van der Waals surface area contributed by atoms with Gasteiger partial charge in [-0.2, -0.15) is 5.26 Å². The summed E-state index contributed by atoms with van der Waals surface area (Å²) in [7, 11) is -3.47. The number of nitrogens with one attached hydrogen (secondary N) is 2. The second-order valence-corrected chi connectivity index (χ2v) is 7.79. The summed E-state index contributed by atoms with van der Waals surface area (Å²) in [5.41, 5.74) is -0.219. The van der Waals surface area contributed by atoms with Gasteiger partial charge in [0.15, 0.2) is 5.75 Å². The summed E-state index contributed by atoms with van der Waals surface area (Å²) in [6, 6.07) is 1.56. The first-order valence-corrected chi connectivity index (χ1v) is 7.37. The van der Waals surface area contributed by atoms with Crippen molar-refractivity contribution in [3.8, 4) is 6.07 Å². The van der Waals surface area contributed by atoms with E-state index in [1.165, 1.54) is 0 Å². The zero-order chi connectivity index (χ0) is 13.3. The van der Waals surface area contributed by atoms with Crippen molar-refractivity contribution in [1.82, 2.24) is 10.0 Å². The monoisotopic (exact) mass is 259 g/mol. The first-order valence-electron chi connectivity index (χ1n) is 5.72. The van der Waals surface area contributed by atoms with Gasteiger partial charge < -0.3 is 5.32 Å². The highest BCUT2D eigenvalue weighted by Gasteiger charge is 2.38. The van der Waals surface area contributed by atoms with E-state index in [-0.39, 0.29) is 17.1 Å². The van der Waals surface area contributed by atoms with Gasteiger partial charge in [0.25, 0.3) is 0 Å². The van der Waals surface area contributed by atoms with Crippen LogP contribution in [-0.2, 0) is 10.0 Å². The zero-order valence-corrected chi connectivity index (χ0v) is 11.7. The third-order valence-corrected chi connectivity index (χ3v) is 3.99. The van der Waals surface area contributed by atoms with Crippen LogP contribution < -0.4 is 10.0 Å². The number of sulfonamides is 1. The van der Waals surface area contributed by atoms with E-state index in [2.05, 4.69) is 37.7 Å². The smallest absolute Gasteiger partial charge is 0.225 e. The Balaban J connectivity index is 2.77. The summed E-state index contributed by atoms with van der Waals surface area (Å²) in [6.07, 6.45) is 1.45. The van der Waals surface area contributed by atoms with Crippen molar-refractivity contribution >= 4 is 10.0 Å². The lowest BCUT2D eigenvalue weighted by molar-refractivity contribution is 0.157. The van der Waals surface area contributed by atoms with Gasteiger partial charge in [0, 0.05) is 17.1 Å². The number of hydrogen-bond donors (Lipinski definition) is 2. The molecule has 17 heavy (non-hydrogen) atoms. The molecule has 0 aromatic carbocycles. The number of rotatable bonds is 3. The number of nitrogens with zero attached hydrogens (tertiary/aromatic N) is 1. The molecule has 0 spiro atoms. The van der Waals surface area contributed by atoms with E-state index in [1.807, 2.05) is 0 Å². The van der Waals surface area contributed by atoms with Gasteiger partial charge in [0.1, 0.15) is 0 Å². The molecule has 1 aliphatic heterocycles. The van der Waals surface area contributed by atoms with Crippen LogP contribution in [0, 0.1) is 11.3 Å². The van der Waals surface area contributed by atoms with E-state index in [1.54, 1.807) is 6.07 Å². The van der Waals surface area contributed by atoms with Crippen LogP contribution in [0.15, 0.2) is 0 Å². The Morgan fingerprint density at radius 1 is 1.29 bits per heavy atom. The average molecular weight is 259 g/mol. The van der Waals surface area contributed by atoms with Crippen LogP contribution in [0.5, 0.6) is 0 Å². The van der Waals surface area contributed by atoms with Crippen molar-refractivity contribution in [2.75, 3.05) is 5.75 Å². The maximum Gasteiger partial charge on any atom is 0.225 e. The Labute approximate surface area is 104 Å². The number of nitriles is 1. The van der Waals surface area contributed by atoms with Crippen molar-refractivity contribution in [2.24, 2.45) is 0 Å². The molecule has 0 saturated carbocycles. The second kappa shape index (κ2) is 4.56. The first-order chi connectivity index (χ1) is 7.55. The molecule has 0 unspecified atom stereocenters. The quantitative estimate of drug-likeness (QED) is 0.783. The fraction of sp³-hybridized carbons (Fsp3) is 0.909. The molecule has 1 heterocycles. The molecular formula is C11H21N3O2S. The van der Waals surface area contributed by atoms with Crippen molar-refractivity contribution in [2.45, 2.75) is 57.7 Å². The van der Waals surface area contributed by atoms with Gasteiger partial charge in [0.05, 0.1) is 6.07 Å². The van der Waals surface area contributed by atoms with E-state index in [0.29, 0.717) is 0 Å². The number of hydrogen-bond acceptors (Lipinski definition) is 4. The Hall–Kier alpha value is -0.640. The van der Waals surface area contributed by atoms with Crippen molar-refractivity contribution in [1.29, 1.82) is 5.26 Å². The fourth-order valence-corrected chi connectivity index (χ4v) is 3.71. The molecule has 0 aromatic heterocycles. The molecule has 5 nitrogen and oxygen atoms in total. The molecule has 1 aliphatic rings. The van der Waals surface area contributed by atoms with Crippen LogP contribution in [0.3, 0.4) is 0 Å². The molecule has 1 saturated heterocycles. The van der Waals surface area contributed by atoms with Gasteiger partial charge in [0.2, 0.25) is 10.0 Å². The molecule has 0 bridgehead atoms. The molecule has 6 heteroatoms. The van der Waals surface area contributed by atoms with E-state index < -0.39 is 15.8 Å². The minimum atomic E-state index is -3.47. The molecule has 1 rings (SSSR count). The maximum absolute atomic E-state index is 11.6. The van der Waals surface area contributed by atoms with Gasteiger partial charge in [-0.25, -0.2) is 13.1 Å². The van der Waals surface area contributed by atoms with Crippen LogP contribution in [0.2, 0.25) is 0 Å². The molecule has 98 valence electrons. The second-order valence-electron chi connectivity index (χ2n) is 6.03. The molecule has 0 atom stereocenters. The first kappa shape index (κ1) is 14.4. The minimum Gasteiger partial charge on any atom is -0.307 e. The van der Waals surface area contributed by atoms with Gasteiger partial charge in [-0.05, 0) is 40.5 Å². The number of piperidine rings is 1. The summed E-state index contributed by atoms with van der Waals surface area (Å²) in [4.78, 5) is 0. The van der Waals surface area contributed by atoms with Gasteiger partial charge >= 0.3 is 0 Å². The van der Waals surface area contributed by atoms with Crippen LogP contribution in [-0.4, -0.2) is 31.3 Å². The van der Waals surface area contributed by atoms with E-state index >= 15 is 0 Å². The van der Waals surface area contributed by atoms with Gasteiger partial charge in [-0.15, -0.1) is 0 Å². The highest BCUT2D eigenvalue weighted by molar-refractivity contribution is 7.89. The molecule has 0 aliphatic carbocycles.